The van der Waals surface area contributed by atoms with Gasteiger partial charge >= 0.3 is 0 Å². The molecule has 1 amide bonds. The number of pyridine rings is 1. The molecule has 0 saturated carbocycles. The number of anilines is 2. The Kier molecular flexibility index (Phi) is 5.82. The lowest BCUT2D eigenvalue weighted by Gasteiger charge is -2.20. The monoisotopic (exact) mass is 426 g/mol. The number of nitrogens with one attached hydrogen (secondary N) is 1. The third-order valence-electron chi connectivity index (χ3n) is 4.08. The Labute approximate surface area is 173 Å². The SMILES string of the molecule is CN(c1ccc(C#N)cc1)S(=O)(=O)c1cccc(C(=O)Nc2ccc(Cl)cn2)c1. The summed E-state index contributed by atoms with van der Waals surface area (Å²) in [7, 11) is -2.50. The Morgan fingerprint density at radius 1 is 1.14 bits per heavy atom. The molecule has 146 valence electrons. The van der Waals surface area contributed by atoms with Gasteiger partial charge in [0.05, 0.1) is 27.2 Å². The summed E-state index contributed by atoms with van der Waals surface area (Å²) in [4.78, 5) is 16.4. The Bertz CT molecular complexity index is 1190. The van der Waals surface area contributed by atoms with Crippen molar-refractivity contribution in [1.29, 1.82) is 5.26 Å². The quantitative estimate of drug-likeness (QED) is 0.670. The Balaban J connectivity index is 1.85. The van der Waals surface area contributed by atoms with Crippen molar-refractivity contribution >= 4 is 39.0 Å². The second-order valence-corrected chi connectivity index (χ2v) is 8.38. The maximum absolute atomic E-state index is 13.0. The summed E-state index contributed by atoms with van der Waals surface area (Å²) < 4.78 is 27.0. The average molecular weight is 427 g/mol. The highest BCUT2D eigenvalue weighted by Crippen LogP contribution is 2.23. The van der Waals surface area contributed by atoms with Gasteiger partial charge in [-0.15, -0.1) is 0 Å². The van der Waals surface area contributed by atoms with Gasteiger partial charge in [0.25, 0.3) is 15.9 Å². The van der Waals surface area contributed by atoms with Crippen LogP contribution in [0.2, 0.25) is 5.02 Å². The van der Waals surface area contributed by atoms with Gasteiger partial charge in [0.15, 0.2) is 0 Å². The van der Waals surface area contributed by atoms with E-state index >= 15 is 0 Å². The highest BCUT2D eigenvalue weighted by Gasteiger charge is 2.22. The zero-order valence-corrected chi connectivity index (χ0v) is 16.8. The molecule has 7 nitrogen and oxygen atoms in total. The number of benzene rings is 2. The van der Waals surface area contributed by atoms with E-state index in [0.717, 1.165) is 4.31 Å². The van der Waals surface area contributed by atoms with Crippen molar-refractivity contribution in [2.24, 2.45) is 0 Å². The maximum atomic E-state index is 13.0. The summed E-state index contributed by atoms with van der Waals surface area (Å²) in [6.45, 7) is 0. The maximum Gasteiger partial charge on any atom is 0.264 e. The zero-order chi connectivity index (χ0) is 21.0. The molecule has 1 heterocycles. The van der Waals surface area contributed by atoms with Crippen LogP contribution in [0.15, 0.2) is 71.8 Å². The van der Waals surface area contributed by atoms with Crippen LogP contribution in [-0.4, -0.2) is 26.4 Å². The number of rotatable bonds is 5. The summed E-state index contributed by atoms with van der Waals surface area (Å²) in [5.74, 6) is -0.208. The predicted octanol–water partition coefficient (Wildman–Crippen LogP) is 3.68. The van der Waals surface area contributed by atoms with E-state index in [1.54, 1.807) is 24.3 Å². The van der Waals surface area contributed by atoms with Crippen LogP contribution in [0.5, 0.6) is 0 Å². The van der Waals surface area contributed by atoms with Gasteiger partial charge in [-0.1, -0.05) is 17.7 Å². The van der Waals surface area contributed by atoms with Crippen LogP contribution in [0.3, 0.4) is 0 Å². The van der Waals surface area contributed by atoms with Crippen molar-refractivity contribution in [2.75, 3.05) is 16.7 Å². The van der Waals surface area contributed by atoms with E-state index in [4.69, 9.17) is 16.9 Å². The number of carbonyl (C=O) groups excluding carboxylic acids is 1. The number of halogens is 1. The summed E-state index contributed by atoms with van der Waals surface area (Å²) in [5, 5.41) is 11.9. The van der Waals surface area contributed by atoms with Crippen molar-refractivity contribution in [1.82, 2.24) is 4.98 Å². The van der Waals surface area contributed by atoms with E-state index in [9.17, 15) is 13.2 Å². The minimum Gasteiger partial charge on any atom is -0.307 e. The number of carbonyl (C=O) groups is 1. The standard InChI is InChI=1S/C20H15ClN4O3S/c1-25(17-8-5-14(12-22)6-9-17)29(27,28)18-4-2-3-15(11-18)20(26)24-19-10-7-16(21)13-23-19/h2-11,13H,1H3,(H,23,24,26). The number of hydrogen-bond acceptors (Lipinski definition) is 5. The van der Waals surface area contributed by atoms with E-state index in [-0.39, 0.29) is 10.5 Å². The van der Waals surface area contributed by atoms with Crippen LogP contribution >= 0.6 is 11.6 Å². The number of nitrogens with zero attached hydrogens (tertiary/aromatic N) is 3. The fraction of sp³-hybridized carbons (Fsp3) is 0.0500. The molecule has 0 unspecified atom stereocenters. The van der Waals surface area contributed by atoms with Crippen molar-refractivity contribution in [3.63, 3.8) is 0 Å². The largest absolute Gasteiger partial charge is 0.307 e. The Morgan fingerprint density at radius 3 is 2.48 bits per heavy atom. The van der Waals surface area contributed by atoms with Crippen molar-refractivity contribution in [3.05, 3.63) is 83.0 Å². The number of sulfonamides is 1. The number of hydrogen-bond donors (Lipinski definition) is 1. The van der Waals surface area contributed by atoms with E-state index in [0.29, 0.717) is 22.1 Å². The number of aromatic nitrogens is 1. The zero-order valence-electron chi connectivity index (χ0n) is 15.2. The number of amides is 1. The van der Waals surface area contributed by atoms with Gasteiger partial charge < -0.3 is 5.32 Å². The minimum absolute atomic E-state index is 0.0407. The summed E-state index contributed by atoms with van der Waals surface area (Å²) >= 11 is 5.77. The van der Waals surface area contributed by atoms with E-state index in [1.807, 2.05) is 6.07 Å². The first kappa shape index (κ1) is 20.3. The molecule has 0 aliphatic carbocycles. The van der Waals surface area contributed by atoms with Crippen LogP contribution in [0.4, 0.5) is 11.5 Å². The molecule has 3 rings (SSSR count). The highest BCUT2D eigenvalue weighted by atomic mass is 35.5. The molecule has 1 aromatic heterocycles. The summed E-state index contributed by atoms with van der Waals surface area (Å²) in [6.07, 6.45) is 1.39. The van der Waals surface area contributed by atoms with Crippen molar-refractivity contribution < 1.29 is 13.2 Å². The van der Waals surface area contributed by atoms with Gasteiger partial charge in [0.2, 0.25) is 0 Å². The molecule has 2 aromatic carbocycles. The average Bonchev–Trinajstić information content (AvgIpc) is 2.75. The van der Waals surface area contributed by atoms with E-state index in [1.165, 1.54) is 49.6 Å². The first-order valence-corrected chi connectivity index (χ1v) is 10.1. The van der Waals surface area contributed by atoms with Gasteiger partial charge in [0.1, 0.15) is 5.82 Å². The third-order valence-corrected chi connectivity index (χ3v) is 6.09. The molecule has 0 fully saturated rings. The molecule has 0 saturated heterocycles. The molecule has 1 N–H and O–H groups in total. The summed E-state index contributed by atoms with van der Waals surface area (Å²) in [5.41, 5.74) is 0.981. The molecular weight excluding hydrogens is 412 g/mol. The molecule has 0 aliphatic rings. The predicted molar refractivity (Wildman–Crippen MR) is 110 cm³/mol. The molecule has 0 aliphatic heterocycles. The van der Waals surface area contributed by atoms with E-state index < -0.39 is 15.9 Å². The lowest BCUT2D eigenvalue weighted by Crippen LogP contribution is -2.26. The first-order chi connectivity index (χ1) is 13.8. The van der Waals surface area contributed by atoms with Crippen LogP contribution in [0.1, 0.15) is 15.9 Å². The second kappa shape index (κ2) is 8.31. The molecule has 0 radical (unpaired) electrons. The fourth-order valence-corrected chi connectivity index (χ4v) is 3.83. The van der Waals surface area contributed by atoms with Crippen molar-refractivity contribution in [3.8, 4) is 6.07 Å². The summed E-state index contributed by atoms with van der Waals surface area (Å²) in [6, 6.07) is 16.9. The molecule has 0 atom stereocenters. The lowest BCUT2D eigenvalue weighted by molar-refractivity contribution is 0.102. The molecule has 3 aromatic rings. The van der Waals surface area contributed by atoms with Gasteiger partial charge in [-0.25, -0.2) is 13.4 Å². The van der Waals surface area contributed by atoms with Gasteiger partial charge in [-0.3, -0.25) is 9.10 Å². The second-order valence-electron chi connectivity index (χ2n) is 5.97. The normalized spacial score (nSPS) is 10.8. The van der Waals surface area contributed by atoms with Gasteiger partial charge in [-0.05, 0) is 54.6 Å². The highest BCUT2D eigenvalue weighted by molar-refractivity contribution is 7.92. The van der Waals surface area contributed by atoms with Crippen molar-refractivity contribution in [2.45, 2.75) is 4.90 Å². The van der Waals surface area contributed by atoms with E-state index in [2.05, 4.69) is 10.3 Å². The molecule has 29 heavy (non-hydrogen) atoms. The minimum atomic E-state index is -3.91. The van der Waals surface area contributed by atoms with Crippen LogP contribution in [0.25, 0.3) is 0 Å². The topological polar surface area (TPSA) is 103 Å². The van der Waals surface area contributed by atoms with Crippen LogP contribution in [0, 0.1) is 11.3 Å². The third kappa shape index (κ3) is 4.54. The molecular formula is C20H15ClN4O3S. The molecule has 0 spiro atoms. The van der Waals surface area contributed by atoms with Gasteiger partial charge in [0, 0.05) is 18.8 Å². The van der Waals surface area contributed by atoms with Crippen LogP contribution < -0.4 is 9.62 Å². The molecule has 0 bridgehead atoms. The lowest BCUT2D eigenvalue weighted by atomic mass is 10.2. The first-order valence-electron chi connectivity index (χ1n) is 8.33. The Morgan fingerprint density at radius 2 is 1.86 bits per heavy atom. The Hall–Kier alpha value is -3.41. The smallest absolute Gasteiger partial charge is 0.264 e. The number of nitriles is 1. The molecule has 9 heteroatoms. The van der Waals surface area contributed by atoms with Gasteiger partial charge in [-0.2, -0.15) is 5.26 Å². The fourth-order valence-electron chi connectivity index (χ4n) is 2.48. The van der Waals surface area contributed by atoms with Crippen LogP contribution in [-0.2, 0) is 10.0 Å².